The normalized spacial score (nSPS) is 11.3. The van der Waals surface area contributed by atoms with Crippen molar-refractivity contribution in [2.75, 3.05) is 7.11 Å². The van der Waals surface area contributed by atoms with Crippen molar-refractivity contribution in [1.29, 1.82) is 0 Å². The predicted octanol–water partition coefficient (Wildman–Crippen LogP) is 3.93. The van der Waals surface area contributed by atoms with Crippen molar-refractivity contribution in [3.63, 3.8) is 0 Å². The first-order valence-corrected chi connectivity index (χ1v) is 7.89. The van der Waals surface area contributed by atoms with E-state index >= 15 is 0 Å². The second-order valence-electron chi connectivity index (χ2n) is 5.43. The molecule has 22 heavy (non-hydrogen) atoms. The summed E-state index contributed by atoms with van der Waals surface area (Å²) >= 11 is 0. The van der Waals surface area contributed by atoms with Gasteiger partial charge in [0.15, 0.2) is 11.5 Å². The second-order valence-corrected chi connectivity index (χ2v) is 5.43. The molecule has 1 amide bonds. The standard InChI is InChI=1S/C18H27NO3/c1-4-5-6-7-8-9-14(2)18(21)19-13-15-10-11-16(20)17(12-15)22-3/h9-12,20H,4-8,13H2,1-3H3,(H,19,21). The summed E-state index contributed by atoms with van der Waals surface area (Å²) in [6, 6.07) is 5.05. The lowest BCUT2D eigenvalue weighted by molar-refractivity contribution is -0.117. The third-order valence-electron chi connectivity index (χ3n) is 3.56. The summed E-state index contributed by atoms with van der Waals surface area (Å²) < 4.78 is 5.05. The van der Waals surface area contributed by atoms with Gasteiger partial charge in [0.25, 0.3) is 0 Å². The SMILES string of the molecule is CCCCCCC=C(C)C(=O)NCc1ccc(O)c(OC)c1. The molecule has 0 aliphatic heterocycles. The van der Waals surface area contributed by atoms with Gasteiger partial charge in [-0.25, -0.2) is 0 Å². The summed E-state index contributed by atoms with van der Waals surface area (Å²) in [7, 11) is 1.50. The highest BCUT2D eigenvalue weighted by Crippen LogP contribution is 2.26. The van der Waals surface area contributed by atoms with E-state index in [2.05, 4.69) is 12.2 Å². The number of benzene rings is 1. The highest BCUT2D eigenvalue weighted by molar-refractivity contribution is 5.92. The zero-order chi connectivity index (χ0) is 16.4. The van der Waals surface area contributed by atoms with Gasteiger partial charge in [0.2, 0.25) is 5.91 Å². The molecule has 0 fully saturated rings. The topological polar surface area (TPSA) is 58.6 Å². The fourth-order valence-corrected chi connectivity index (χ4v) is 2.14. The highest BCUT2D eigenvalue weighted by Gasteiger charge is 2.06. The van der Waals surface area contributed by atoms with E-state index < -0.39 is 0 Å². The molecule has 2 N–H and O–H groups in total. The Morgan fingerprint density at radius 1 is 1.32 bits per heavy atom. The Morgan fingerprint density at radius 3 is 2.77 bits per heavy atom. The van der Waals surface area contributed by atoms with Crippen molar-refractivity contribution in [3.05, 3.63) is 35.4 Å². The van der Waals surface area contributed by atoms with Crippen LogP contribution >= 0.6 is 0 Å². The maximum absolute atomic E-state index is 12.0. The maximum atomic E-state index is 12.0. The first-order valence-electron chi connectivity index (χ1n) is 7.89. The third kappa shape index (κ3) is 6.20. The predicted molar refractivity (Wildman–Crippen MR) is 89.0 cm³/mol. The maximum Gasteiger partial charge on any atom is 0.246 e. The van der Waals surface area contributed by atoms with Crippen molar-refractivity contribution < 1.29 is 14.6 Å². The van der Waals surface area contributed by atoms with Gasteiger partial charge in [0.05, 0.1) is 7.11 Å². The Morgan fingerprint density at radius 2 is 2.09 bits per heavy atom. The fourth-order valence-electron chi connectivity index (χ4n) is 2.14. The van der Waals surface area contributed by atoms with Crippen molar-refractivity contribution in [2.45, 2.75) is 52.5 Å². The molecule has 0 heterocycles. The van der Waals surface area contributed by atoms with Crippen LogP contribution in [-0.2, 0) is 11.3 Å². The first kappa shape index (κ1) is 18.1. The Bertz CT molecular complexity index is 509. The van der Waals surface area contributed by atoms with Crippen molar-refractivity contribution in [2.24, 2.45) is 0 Å². The van der Waals surface area contributed by atoms with E-state index in [-0.39, 0.29) is 11.7 Å². The van der Waals surface area contributed by atoms with Crippen LogP contribution in [0, 0.1) is 0 Å². The molecule has 4 heteroatoms. The molecule has 1 aromatic rings. The van der Waals surface area contributed by atoms with Crippen LogP contribution in [-0.4, -0.2) is 18.1 Å². The van der Waals surface area contributed by atoms with Crippen LogP contribution < -0.4 is 10.1 Å². The number of hydrogen-bond donors (Lipinski definition) is 2. The lowest BCUT2D eigenvalue weighted by Gasteiger charge is -2.08. The summed E-state index contributed by atoms with van der Waals surface area (Å²) in [6.07, 6.45) is 7.78. The molecule has 0 aliphatic rings. The third-order valence-corrected chi connectivity index (χ3v) is 3.56. The van der Waals surface area contributed by atoms with Crippen LogP contribution in [0.1, 0.15) is 51.5 Å². The average molecular weight is 305 g/mol. The van der Waals surface area contributed by atoms with Crippen molar-refractivity contribution in [1.82, 2.24) is 5.32 Å². The number of phenols is 1. The van der Waals surface area contributed by atoms with Gasteiger partial charge in [-0.15, -0.1) is 0 Å². The van der Waals surface area contributed by atoms with Crippen LogP contribution in [0.15, 0.2) is 29.8 Å². The number of unbranched alkanes of at least 4 members (excludes halogenated alkanes) is 4. The largest absolute Gasteiger partial charge is 0.504 e. The molecule has 122 valence electrons. The smallest absolute Gasteiger partial charge is 0.246 e. The first-order chi connectivity index (χ1) is 10.6. The zero-order valence-corrected chi connectivity index (χ0v) is 13.8. The Balaban J connectivity index is 2.43. The van der Waals surface area contributed by atoms with Gasteiger partial charge in [0.1, 0.15) is 0 Å². The van der Waals surface area contributed by atoms with Gasteiger partial charge >= 0.3 is 0 Å². The number of aromatic hydroxyl groups is 1. The number of carbonyl (C=O) groups excluding carboxylic acids is 1. The molecule has 0 saturated carbocycles. The number of carbonyl (C=O) groups is 1. The molecular weight excluding hydrogens is 278 g/mol. The van der Waals surface area contributed by atoms with Crippen molar-refractivity contribution in [3.8, 4) is 11.5 Å². The van der Waals surface area contributed by atoms with Gasteiger partial charge in [-0.1, -0.05) is 38.3 Å². The van der Waals surface area contributed by atoms with Gasteiger partial charge in [-0.2, -0.15) is 0 Å². The van der Waals surface area contributed by atoms with Crippen molar-refractivity contribution >= 4 is 5.91 Å². The van der Waals surface area contributed by atoms with E-state index in [1.54, 1.807) is 18.2 Å². The van der Waals surface area contributed by atoms with Crippen LogP contribution in [0.2, 0.25) is 0 Å². The van der Waals surface area contributed by atoms with E-state index in [1.165, 1.54) is 26.4 Å². The lowest BCUT2D eigenvalue weighted by Crippen LogP contribution is -2.23. The van der Waals surface area contributed by atoms with E-state index in [4.69, 9.17) is 4.74 Å². The van der Waals surface area contributed by atoms with Gasteiger partial charge < -0.3 is 15.2 Å². The van der Waals surface area contributed by atoms with Gasteiger partial charge in [-0.3, -0.25) is 4.79 Å². The summed E-state index contributed by atoms with van der Waals surface area (Å²) in [5.74, 6) is 0.457. The highest BCUT2D eigenvalue weighted by atomic mass is 16.5. The molecule has 4 nitrogen and oxygen atoms in total. The molecule has 0 aliphatic carbocycles. The number of methoxy groups -OCH3 is 1. The number of nitrogens with one attached hydrogen (secondary N) is 1. The number of amides is 1. The van der Waals surface area contributed by atoms with E-state index in [0.717, 1.165) is 24.0 Å². The lowest BCUT2D eigenvalue weighted by atomic mass is 10.1. The summed E-state index contributed by atoms with van der Waals surface area (Å²) in [5, 5.41) is 12.4. The minimum absolute atomic E-state index is 0.0532. The molecule has 0 bridgehead atoms. The number of hydrogen-bond acceptors (Lipinski definition) is 3. The number of ether oxygens (including phenoxy) is 1. The molecule has 0 aromatic heterocycles. The van der Waals surface area contributed by atoms with Crippen LogP contribution in [0.25, 0.3) is 0 Å². The summed E-state index contributed by atoms with van der Waals surface area (Å²) in [6.45, 7) is 4.44. The summed E-state index contributed by atoms with van der Waals surface area (Å²) in [5.41, 5.74) is 1.64. The Kier molecular flexibility index (Phi) is 8.11. The minimum Gasteiger partial charge on any atom is -0.504 e. The number of rotatable bonds is 9. The van der Waals surface area contributed by atoms with E-state index in [0.29, 0.717) is 12.3 Å². The second kappa shape index (κ2) is 9.87. The molecular formula is C18H27NO3. The zero-order valence-electron chi connectivity index (χ0n) is 13.8. The number of allylic oxidation sites excluding steroid dienone is 1. The molecule has 0 atom stereocenters. The van der Waals surface area contributed by atoms with Crippen LogP contribution in [0.3, 0.4) is 0 Å². The average Bonchev–Trinajstić information content (AvgIpc) is 2.53. The molecule has 0 saturated heterocycles. The molecule has 0 spiro atoms. The monoisotopic (exact) mass is 305 g/mol. The van der Waals surface area contributed by atoms with Gasteiger partial charge in [0, 0.05) is 12.1 Å². The van der Waals surface area contributed by atoms with E-state index in [1.807, 2.05) is 13.0 Å². The van der Waals surface area contributed by atoms with Gasteiger partial charge in [-0.05, 0) is 37.5 Å². The molecule has 0 unspecified atom stereocenters. The molecule has 0 radical (unpaired) electrons. The number of phenolic OH excluding ortho intramolecular Hbond substituents is 1. The van der Waals surface area contributed by atoms with Crippen LogP contribution in [0.4, 0.5) is 0 Å². The van der Waals surface area contributed by atoms with E-state index in [9.17, 15) is 9.90 Å². The molecule has 1 aromatic carbocycles. The Labute approximate surface area is 133 Å². The molecule has 1 rings (SSSR count). The van der Waals surface area contributed by atoms with Crippen LogP contribution in [0.5, 0.6) is 11.5 Å². The minimum atomic E-state index is -0.0532. The summed E-state index contributed by atoms with van der Waals surface area (Å²) in [4.78, 5) is 12.0. The Hall–Kier alpha value is -1.97. The fraction of sp³-hybridized carbons (Fsp3) is 0.500. The quantitative estimate of drug-likeness (QED) is 0.537.